The Morgan fingerprint density at radius 2 is 2.30 bits per heavy atom. The number of H-pyrrole nitrogens is 1. The summed E-state index contributed by atoms with van der Waals surface area (Å²) in [5.74, 6) is 1.03. The molecule has 104 valence electrons. The van der Waals surface area contributed by atoms with Crippen LogP contribution in [0.3, 0.4) is 0 Å². The van der Waals surface area contributed by atoms with Crippen molar-refractivity contribution in [2.75, 3.05) is 13.2 Å². The van der Waals surface area contributed by atoms with Gasteiger partial charge in [0.15, 0.2) is 0 Å². The van der Waals surface area contributed by atoms with Gasteiger partial charge in [0.25, 0.3) is 0 Å². The zero-order valence-corrected chi connectivity index (χ0v) is 11.7. The van der Waals surface area contributed by atoms with Crippen LogP contribution in [0.4, 0.5) is 0 Å². The van der Waals surface area contributed by atoms with E-state index < -0.39 is 0 Å². The molecule has 2 aliphatic heterocycles. The van der Waals surface area contributed by atoms with Crippen molar-refractivity contribution in [2.45, 2.75) is 32.2 Å². The molecule has 1 fully saturated rings. The Hall–Kier alpha value is -1.81. The smallest absolute Gasteiger partial charge is 0.122 e. The number of benzene rings is 1. The van der Waals surface area contributed by atoms with Crippen molar-refractivity contribution in [3.8, 4) is 17.0 Å². The van der Waals surface area contributed by atoms with Crippen molar-refractivity contribution in [1.82, 2.24) is 15.5 Å². The summed E-state index contributed by atoms with van der Waals surface area (Å²) in [5, 5.41) is 11.3. The van der Waals surface area contributed by atoms with Crippen LogP contribution in [0, 0.1) is 6.92 Å². The molecule has 20 heavy (non-hydrogen) atoms. The van der Waals surface area contributed by atoms with Crippen molar-refractivity contribution in [2.24, 2.45) is 0 Å². The second-order valence-corrected chi connectivity index (χ2v) is 5.68. The van der Waals surface area contributed by atoms with Crippen LogP contribution in [0.1, 0.15) is 35.7 Å². The van der Waals surface area contributed by atoms with Gasteiger partial charge in [0.2, 0.25) is 0 Å². The molecule has 4 heteroatoms. The summed E-state index contributed by atoms with van der Waals surface area (Å²) in [5.41, 5.74) is 6.07. The first-order valence-electron chi connectivity index (χ1n) is 7.37. The monoisotopic (exact) mass is 269 g/mol. The lowest BCUT2D eigenvalue weighted by Crippen LogP contribution is -2.14. The van der Waals surface area contributed by atoms with Crippen LogP contribution in [0.2, 0.25) is 0 Å². The lowest BCUT2D eigenvalue weighted by Gasteiger charge is -2.09. The lowest BCUT2D eigenvalue weighted by molar-refractivity contribution is 0.357. The third-order valence-corrected chi connectivity index (χ3v) is 4.42. The molecule has 2 aliphatic rings. The van der Waals surface area contributed by atoms with E-state index >= 15 is 0 Å². The molecule has 0 saturated carbocycles. The number of rotatable bonds is 2. The Morgan fingerprint density at radius 3 is 3.15 bits per heavy atom. The van der Waals surface area contributed by atoms with Crippen molar-refractivity contribution >= 4 is 0 Å². The fraction of sp³-hybridized carbons (Fsp3) is 0.438. The van der Waals surface area contributed by atoms with Gasteiger partial charge in [-0.1, -0.05) is 0 Å². The topological polar surface area (TPSA) is 49.9 Å². The minimum absolute atomic E-state index is 0.439. The summed E-state index contributed by atoms with van der Waals surface area (Å²) in [6.07, 6.45) is 3.44. The normalized spacial score (nSPS) is 20.9. The minimum atomic E-state index is 0.439. The molecule has 1 saturated heterocycles. The molecule has 1 aromatic heterocycles. The van der Waals surface area contributed by atoms with Gasteiger partial charge in [-0.2, -0.15) is 5.10 Å². The largest absolute Gasteiger partial charge is 0.493 e. The molecule has 3 heterocycles. The molecule has 4 rings (SSSR count). The molecule has 0 amide bonds. The molecule has 0 aliphatic carbocycles. The molecular weight excluding hydrogens is 250 g/mol. The van der Waals surface area contributed by atoms with Gasteiger partial charge in [-0.25, -0.2) is 0 Å². The highest BCUT2D eigenvalue weighted by atomic mass is 16.5. The Morgan fingerprint density at radius 1 is 1.35 bits per heavy atom. The van der Waals surface area contributed by atoms with Gasteiger partial charge in [0.1, 0.15) is 5.75 Å². The van der Waals surface area contributed by atoms with Gasteiger partial charge in [-0.3, -0.25) is 5.10 Å². The Bertz CT molecular complexity index is 641. The molecule has 0 radical (unpaired) electrons. The van der Waals surface area contributed by atoms with Crippen LogP contribution >= 0.6 is 0 Å². The highest BCUT2D eigenvalue weighted by molar-refractivity contribution is 5.66. The summed E-state index contributed by atoms with van der Waals surface area (Å²) >= 11 is 0. The number of hydrogen-bond acceptors (Lipinski definition) is 3. The van der Waals surface area contributed by atoms with E-state index in [0.29, 0.717) is 6.04 Å². The summed E-state index contributed by atoms with van der Waals surface area (Å²) < 4.78 is 5.57. The van der Waals surface area contributed by atoms with Gasteiger partial charge < -0.3 is 10.1 Å². The van der Waals surface area contributed by atoms with Gasteiger partial charge in [-0.05, 0) is 55.6 Å². The SMILES string of the molecule is Cc1c(-c2ccc3c(c2)CCO3)n[nH]c1C1CCCN1. The summed E-state index contributed by atoms with van der Waals surface area (Å²) in [6, 6.07) is 6.84. The first kappa shape index (κ1) is 12.0. The number of fused-ring (bicyclic) bond motifs is 1. The standard InChI is InChI=1S/C16H19N3O/c1-10-15(18-19-16(10)13-3-2-7-17-13)12-4-5-14-11(9-12)6-8-20-14/h4-5,9,13,17H,2-3,6-8H2,1H3,(H,18,19). The number of nitrogens with zero attached hydrogens (tertiary/aromatic N) is 1. The van der Waals surface area contributed by atoms with E-state index in [-0.39, 0.29) is 0 Å². The third-order valence-electron chi connectivity index (χ3n) is 4.42. The Balaban J connectivity index is 1.72. The van der Waals surface area contributed by atoms with Crippen LogP contribution in [-0.4, -0.2) is 23.3 Å². The zero-order valence-electron chi connectivity index (χ0n) is 11.7. The number of aromatic nitrogens is 2. The second-order valence-electron chi connectivity index (χ2n) is 5.68. The Kier molecular flexibility index (Phi) is 2.77. The zero-order chi connectivity index (χ0) is 13.5. The van der Waals surface area contributed by atoms with E-state index in [1.807, 2.05) is 0 Å². The second kappa shape index (κ2) is 4.63. The maximum absolute atomic E-state index is 5.57. The highest BCUT2D eigenvalue weighted by Crippen LogP contribution is 2.33. The predicted molar refractivity (Wildman–Crippen MR) is 77.9 cm³/mol. The van der Waals surface area contributed by atoms with Crippen molar-refractivity contribution in [1.29, 1.82) is 0 Å². The van der Waals surface area contributed by atoms with E-state index in [4.69, 9.17) is 4.74 Å². The molecule has 1 atom stereocenters. The summed E-state index contributed by atoms with van der Waals surface area (Å²) in [4.78, 5) is 0. The van der Waals surface area contributed by atoms with Gasteiger partial charge >= 0.3 is 0 Å². The number of hydrogen-bond donors (Lipinski definition) is 2. The third kappa shape index (κ3) is 1.83. The van der Waals surface area contributed by atoms with Crippen molar-refractivity contribution in [3.63, 3.8) is 0 Å². The molecule has 1 unspecified atom stereocenters. The molecule has 4 nitrogen and oxygen atoms in total. The number of aromatic amines is 1. The molecule has 2 aromatic rings. The Labute approximate surface area is 118 Å². The molecule has 1 aromatic carbocycles. The molecule has 2 N–H and O–H groups in total. The maximum atomic E-state index is 5.57. The van der Waals surface area contributed by atoms with Gasteiger partial charge in [0, 0.05) is 18.0 Å². The van der Waals surface area contributed by atoms with Crippen LogP contribution in [0.5, 0.6) is 5.75 Å². The van der Waals surface area contributed by atoms with E-state index in [0.717, 1.165) is 31.0 Å². The predicted octanol–water partition coefficient (Wildman–Crippen LogP) is 2.74. The number of nitrogens with one attached hydrogen (secondary N) is 2. The van der Waals surface area contributed by atoms with Crippen LogP contribution in [-0.2, 0) is 6.42 Å². The van der Waals surface area contributed by atoms with E-state index in [1.54, 1.807) is 0 Å². The maximum Gasteiger partial charge on any atom is 0.122 e. The average molecular weight is 269 g/mol. The first-order chi connectivity index (χ1) is 9.83. The van der Waals surface area contributed by atoms with Crippen molar-refractivity contribution in [3.05, 3.63) is 35.0 Å². The lowest BCUT2D eigenvalue weighted by atomic mass is 10.0. The van der Waals surface area contributed by atoms with Crippen LogP contribution in [0.15, 0.2) is 18.2 Å². The average Bonchev–Trinajstić information content (AvgIpc) is 3.17. The first-order valence-corrected chi connectivity index (χ1v) is 7.37. The quantitative estimate of drug-likeness (QED) is 0.881. The van der Waals surface area contributed by atoms with Crippen LogP contribution < -0.4 is 10.1 Å². The van der Waals surface area contributed by atoms with E-state index in [1.165, 1.54) is 35.2 Å². The van der Waals surface area contributed by atoms with Crippen LogP contribution in [0.25, 0.3) is 11.3 Å². The fourth-order valence-electron chi connectivity index (χ4n) is 3.30. The van der Waals surface area contributed by atoms with Gasteiger partial charge in [-0.15, -0.1) is 0 Å². The summed E-state index contributed by atoms with van der Waals surface area (Å²) in [6.45, 7) is 4.07. The van der Waals surface area contributed by atoms with Crippen molar-refractivity contribution < 1.29 is 4.74 Å². The minimum Gasteiger partial charge on any atom is -0.493 e. The highest BCUT2D eigenvalue weighted by Gasteiger charge is 2.23. The molecule has 0 spiro atoms. The molecule has 0 bridgehead atoms. The van der Waals surface area contributed by atoms with E-state index in [9.17, 15) is 0 Å². The number of ether oxygens (including phenoxy) is 1. The summed E-state index contributed by atoms with van der Waals surface area (Å²) in [7, 11) is 0. The van der Waals surface area contributed by atoms with E-state index in [2.05, 4.69) is 40.6 Å². The molecular formula is C16H19N3O. The fourth-order valence-corrected chi connectivity index (χ4v) is 3.30. The van der Waals surface area contributed by atoms with Gasteiger partial charge in [0.05, 0.1) is 18.0 Å².